The monoisotopic (exact) mass is 266 g/mol. The number of imidazole rings is 1. The Labute approximate surface area is 94.0 Å². The van der Waals surface area contributed by atoms with Crippen LogP contribution in [0.4, 0.5) is 0 Å². The van der Waals surface area contributed by atoms with Gasteiger partial charge in [0.1, 0.15) is 5.65 Å². The van der Waals surface area contributed by atoms with Gasteiger partial charge in [0.05, 0.1) is 11.9 Å². The van der Waals surface area contributed by atoms with Crippen molar-refractivity contribution in [2.24, 2.45) is 0 Å². The number of aliphatic carboxylic acids is 1. The first-order valence-corrected chi connectivity index (χ1v) is 5.00. The number of fused-ring (bicyclic) bond motifs is 1. The predicted molar refractivity (Wildman–Crippen MR) is 59.6 cm³/mol. The summed E-state index contributed by atoms with van der Waals surface area (Å²) in [5.41, 5.74) is 1.51. The number of halogens is 1. The molecule has 0 aromatic carbocycles. The van der Waals surface area contributed by atoms with Crippen LogP contribution < -0.4 is 0 Å². The van der Waals surface area contributed by atoms with Crippen molar-refractivity contribution < 1.29 is 9.90 Å². The number of carbonyl (C=O) groups is 1. The number of pyridine rings is 1. The first-order chi connectivity index (χ1) is 7.16. The molecule has 15 heavy (non-hydrogen) atoms. The molecule has 0 bridgehead atoms. The highest BCUT2D eigenvalue weighted by Crippen LogP contribution is 2.14. The summed E-state index contributed by atoms with van der Waals surface area (Å²) >= 11 is 3.34. The van der Waals surface area contributed by atoms with E-state index in [1.807, 2.05) is 22.7 Å². The molecule has 2 rings (SSSR count). The average Bonchev–Trinajstić information content (AvgIpc) is 2.57. The van der Waals surface area contributed by atoms with E-state index in [0.29, 0.717) is 0 Å². The van der Waals surface area contributed by atoms with E-state index in [9.17, 15) is 4.79 Å². The van der Waals surface area contributed by atoms with Crippen molar-refractivity contribution in [3.63, 3.8) is 0 Å². The van der Waals surface area contributed by atoms with Crippen molar-refractivity contribution in [2.45, 2.75) is 0 Å². The molecule has 0 aliphatic carbocycles. The number of nitrogens with zero attached hydrogens (tertiary/aromatic N) is 2. The van der Waals surface area contributed by atoms with Crippen molar-refractivity contribution >= 4 is 33.6 Å². The lowest BCUT2D eigenvalue weighted by atomic mass is 10.4. The second-order valence-electron chi connectivity index (χ2n) is 2.93. The van der Waals surface area contributed by atoms with E-state index in [2.05, 4.69) is 20.9 Å². The summed E-state index contributed by atoms with van der Waals surface area (Å²) in [6.45, 7) is 0. The van der Waals surface area contributed by atoms with Gasteiger partial charge in [-0.1, -0.05) is 0 Å². The Morgan fingerprint density at radius 2 is 2.33 bits per heavy atom. The summed E-state index contributed by atoms with van der Waals surface area (Å²) in [7, 11) is 0. The summed E-state index contributed by atoms with van der Waals surface area (Å²) in [6.07, 6.45) is 6.06. The van der Waals surface area contributed by atoms with Crippen LogP contribution in [0.15, 0.2) is 35.1 Å². The van der Waals surface area contributed by atoms with Crippen LogP contribution in [0.3, 0.4) is 0 Å². The van der Waals surface area contributed by atoms with Gasteiger partial charge in [0, 0.05) is 16.7 Å². The van der Waals surface area contributed by atoms with E-state index in [0.717, 1.165) is 21.9 Å². The minimum atomic E-state index is -0.972. The van der Waals surface area contributed by atoms with Crippen LogP contribution in [-0.4, -0.2) is 20.5 Å². The summed E-state index contributed by atoms with van der Waals surface area (Å²) < 4.78 is 2.72. The van der Waals surface area contributed by atoms with E-state index in [4.69, 9.17) is 5.11 Å². The maximum atomic E-state index is 10.4. The molecule has 5 heteroatoms. The third-order valence-electron chi connectivity index (χ3n) is 1.89. The molecule has 2 aromatic rings. The van der Waals surface area contributed by atoms with Crippen LogP contribution in [0, 0.1) is 0 Å². The number of carboxylic acids is 1. The smallest absolute Gasteiger partial charge is 0.328 e. The number of hydrogen-bond acceptors (Lipinski definition) is 2. The van der Waals surface area contributed by atoms with E-state index >= 15 is 0 Å². The summed E-state index contributed by atoms with van der Waals surface area (Å²) in [4.78, 5) is 14.5. The Morgan fingerprint density at radius 3 is 3.07 bits per heavy atom. The van der Waals surface area contributed by atoms with E-state index in [1.165, 1.54) is 6.08 Å². The normalized spacial score (nSPS) is 11.3. The fourth-order valence-corrected chi connectivity index (χ4v) is 1.59. The Balaban J connectivity index is 2.52. The van der Waals surface area contributed by atoms with E-state index < -0.39 is 5.97 Å². The zero-order valence-electron chi connectivity index (χ0n) is 7.59. The molecule has 0 atom stereocenters. The molecule has 0 radical (unpaired) electrons. The first-order valence-electron chi connectivity index (χ1n) is 4.20. The van der Waals surface area contributed by atoms with Crippen LogP contribution in [-0.2, 0) is 4.79 Å². The van der Waals surface area contributed by atoms with E-state index in [-0.39, 0.29) is 0 Å². The lowest BCUT2D eigenvalue weighted by Gasteiger charge is -1.96. The highest BCUT2D eigenvalue weighted by molar-refractivity contribution is 9.10. The molecular formula is C10H7BrN2O2. The predicted octanol–water partition coefficient (Wildman–Crippen LogP) is 2.19. The molecule has 0 fully saturated rings. The molecule has 0 saturated carbocycles. The maximum absolute atomic E-state index is 10.4. The Bertz CT molecular complexity index is 545. The van der Waals surface area contributed by atoms with Crippen LogP contribution in [0.1, 0.15) is 5.69 Å². The molecule has 0 aliphatic rings. The summed E-state index contributed by atoms with van der Waals surface area (Å²) in [6, 6.07) is 3.73. The molecule has 0 spiro atoms. The van der Waals surface area contributed by atoms with Crippen LogP contribution in [0.2, 0.25) is 0 Å². The van der Waals surface area contributed by atoms with Gasteiger partial charge < -0.3 is 5.11 Å². The second kappa shape index (κ2) is 3.86. The summed E-state index contributed by atoms with van der Waals surface area (Å²) in [5, 5.41) is 8.51. The lowest BCUT2D eigenvalue weighted by Crippen LogP contribution is -1.89. The van der Waals surface area contributed by atoms with Gasteiger partial charge >= 0.3 is 5.97 Å². The van der Waals surface area contributed by atoms with Gasteiger partial charge in [0.25, 0.3) is 0 Å². The first kappa shape index (κ1) is 9.92. The van der Waals surface area contributed by atoms with Gasteiger partial charge in [0.2, 0.25) is 0 Å². The van der Waals surface area contributed by atoms with Crippen molar-refractivity contribution in [2.75, 3.05) is 0 Å². The topological polar surface area (TPSA) is 54.6 Å². The van der Waals surface area contributed by atoms with Crippen molar-refractivity contribution in [3.05, 3.63) is 40.8 Å². The molecule has 2 heterocycles. The zero-order valence-corrected chi connectivity index (χ0v) is 9.18. The molecule has 1 N–H and O–H groups in total. The quantitative estimate of drug-likeness (QED) is 0.848. The van der Waals surface area contributed by atoms with Gasteiger partial charge in [-0.2, -0.15) is 0 Å². The van der Waals surface area contributed by atoms with Gasteiger partial charge in [0.15, 0.2) is 0 Å². The zero-order chi connectivity index (χ0) is 10.8. The Hall–Kier alpha value is -1.62. The van der Waals surface area contributed by atoms with Crippen LogP contribution >= 0.6 is 15.9 Å². The molecule has 2 aromatic heterocycles. The molecule has 4 nitrogen and oxygen atoms in total. The fourth-order valence-electron chi connectivity index (χ4n) is 1.25. The molecule has 0 unspecified atom stereocenters. The maximum Gasteiger partial charge on any atom is 0.328 e. The van der Waals surface area contributed by atoms with Crippen LogP contribution in [0.25, 0.3) is 11.7 Å². The Morgan fingerprint density at radius 1 is 1.53 bits per heavy atom. The molecule has 0 aliphatic heterocycles. The SMILES string of the molecule is O=C(O)/C=C/c1cnc2ccc(Br)cn12. The number of rotatable bonds is 2. The van der Waals surface area contributed by atoms with Crippen molar-refractivity contribution in [1.29, 1.82) is 0 Å². The van der Waals surface area contributed by atoms with Crippen LogP contribution in [0.5, 0.6) is 0 Å². The van der Waals surface area contributed by atoms with E-state index in [1.54, 1.807) is 6.20 Å². The largest absolute Gasteiger partial charge is 0.478 e. The molecule has 0 amide bonds. The standard InChI is InChI=1S/C10H7BrN2O2/c11-7-1-3-9-12-5-8(13(9)6-7)2-4-10(14)15/h1-6H,(H,14,15)/b4-2+. The minimum absolute atomic E-state index is 0.730. The molecular weight excluding hydrogens is 260 g/mol. The van der Waals surface area contributed by atoms with Crippen molar-refractivity contribution in [1.82, 2.24) is 9.38 Å². The van der Waals surface area contributed by atoms with Gasteiger partial charge in [-0.05, 0) is 34.1 Å². The van der Waals surface area contributed by atoms with Gasteiger partial charge in [-0.3, -0.25) is 4.40 Å². The third-order valence-corrected chi connectivity index (χ3v) is 2.36. The number of hydrogen-bond donors (Lipinski definition) is 1. The van der Waals surface area contributed by atoms with Gasteiger partial charge in [-0.15, -0.1) is 0 Å². The highest BCUT2D eigenvalue weighted by Gasteiger charge is 2.00. The molecule has 0 saturated heterocycles. The fraction of sp³-hybridized carbons (Fsp3) is 0. The second-order valence-corrected chi connectivity index (χ2v) is 3.85. The van der Waals surface area contributed by atoms with Gasteiger partial charge in [-0.25, -0.2) is 9.78 Å². The molecule has 76 valence electrons. The number of aromatic nitrogens is 2. The minimum Gasteiger partial charge on any atom is -0.478 e. The highest BCUT2D eigenvalue weighted by atomic mass is 79.9. The summed E-state index contributed by atoms with van der Waals surface area (Å²) in [5.74, 6) is -0.972. The third kappa shape index (κ3) is 2.07. The number of carboxylic acid groups (broad SMARTS) is 1. The Kier molecular flexibility index (Phi) is 2.55. The average molecular weight is 267 g/mol. The van der Waals surface area contributed by atoms with Crippen molar-refractivity contribution in [3.8, 4) is 0 Å². The lowest BCUT2D eigenvalue weighted by molar-refractivity contribution is -0.131.